The molecule has 1 fully saturated rings. The van der Waals surface area contributed by atoms with Crippen molar-refractivity contribution in [3.63, 3.8) is 0 Å². The summed E-state index contributed by atoms with van der Waals surface area (Å²) in [6.45, 7) is 5.10. The van der Waals surface area contributed by atoms with Gasteiger partial charge in [0.25, 0.3) is 0 Å². The molecule has 152 valence electrons. The molecule has 1 aromatic rings. The molecule has 0 saturated carbocycles. The van der Waals surface area contributed by atoms with Crippen molar-refractivity contribution in [1.29, 1.82) is 0 Å². The van der Waals surface area contributed by atoms with Gasteiger partial charge in [-0.3, -0.25) is 10.2 Å². The second-order valence-electron chi connectivity index (χ2n) is 6.71. The van der Waals surface area contributed by atoms with E-state index < -0.39 is 6.29 Å². The third kappa shape index (κ3) is 6.48. The first-order chi connectivity index (χ1) is 13.0. The number of benzene rings is 1. The van der Waals surface area contributed by atoms with Crippen molar-refractivity contribution >= 4 is 34.9 Å². The monoisotopic (exact) mass is 417 g/mol. The number of amides is 2. The summed E-state index contributed by atoms with van der Waals surface area (Å²) in [4.78, 5) is 14.7. The van der Waals surface area contributed by atoms with Crippen LogP contribution in [0.25, 0.3) is 0 Å². The fraction of sp³-hybridized carbons (Fsp3) is 0.611. The first-order valence-corrected chi connectivity index (χ1v) is 10.2. The van der Waals surface area contributed by atoms with Gasteiger partial charge in [0.2, 0.25) is 0 Å². The Hall–Kier alpha value is -1.09. The average Bonchev–Trinajstić information content (AvgIpc) is 2.66. The molecule has 0 spiro atoms. The van der Waals surface area contributed by atoms with E-state index in [9.17, 15) is 10.0 Å². The van der Waals surface area contributed by atoms with Gasteiger partial charge < -0.3 is 15.8 Å². The van der Waals surface area contributed by atoms with Crippen molar-refractivity contribution in [2.75, 3.05) is 11.9 Å². The molecule has 1 aliphatic heterocycles. The number of halogens is 2. The molecule has 0 bridgehead atoms. The van der Waals surface area contributed by atoms with E-state index in [0.29, 0.717) is 21.8 Å². The molecule has 0 radical (unpaired) electrons. The number of urea groups is 1. The molecule has 1 heterocycles. The number of anilines is 1. The van der Waals surface area contributed by atoms with Crippen LogP contribution in [0.1, 0.15) is 46.0 Å². The number of nitrogens with zero attached hydrogens (tertiary/aromatic N) is 1. The van der Waals surface area contributed by atoms with E-state index in [4.69, 9.17) is 23.2 Å². The van der Waals surface area contributed by atoms with Crippen LogP contribution in [0.4, 0.5) is 10.5 Å². The van der Waals surface area contributed by atoms with E-state index in [-0.39, 0.29) is 12.2 Å². The smallest absolute Gasteiger partial charge is 0.315 e. The molecule has 27 heavy (non-hydrogen) atoms. The molecule has 1 aromatic carbocycles. The summed E-state index contributed by atoms with van der Waals surface area (Å²) >= 11 is 11.9. The number of hydrogen-bond donors (Lipinski definition) is 5. The van der Waals surface area contributed by atoms with Crippen molar-refractivity contribution in [1.82, 2.24) is 21.0 Å². The maximum Gasteiger partial charge on any atom is 0.321 e. The Balaban J connectivity index is 2.04. The van der Waals surface area contributed by atoms with Crippen molar-refractivity contribution in [3.8, 4) is 0 Å². The number of hydroxylamine groups is 1. The highest BCUT2D eigenvalue weighted by molar-refractivity contribution is 6.42. The molecule has 1 saturated heterocycles. The van der Waals surface area contributed by atoms with Gasteiger partial charge in [-0.2, -0.15) is 5.48 Å². The molecule has 7 nitrogen and oxygen atoms in total. The van der Waals surface area contributed by atoms with Gasteiger partial charge in [0.05, 0.1) is 16.2 Å². The van der Waals surface area contributed by atoms with Crippen LogP contribution < -0.4 is 21.4 Å². The molecule has 2 amide bonds. The largest absolute Gasteiger partial charge is 0.321 e. The van der Waals surface area contributed by atoms with Gasteiger partial charge in [0.15, 0.2) is 0 Å². The number of hydrogen-bond acceptors (Lipinski definition) is 5. The Morgan fingerprint density at radius 2 is 2.15 bits per heavy atom. The second-order valence-corrected chi connectivity index (χ2v) is 7.52. The topological polar surface area (TPSA) is 88.7 Å². The molecule has 3 unspecified atom stereocenters. The second kappa shape index (κ2) is 11.0. The highest BCUT2D eigenvalue weighted by Gasteiger charge is 2.32. The normalized spacial score (nSPS) is 21.7. The zero-order valence-electron chi connectivity index (χ0n) is 15.8. The van der Waals surface area contributed by atoms with Crippen LogP contribution >= 0.6 is 23.2 Å². The van der Waals surface area contributed by atoms with Crippen molar-refractivity contribution < 1.29 is 10.0 Å². The number of carbonyl (C=O) groups is 1. The first kappa shape index (κ1) is 22.2. The number of carbonyl (C=O) groups excluding carboxylic acids is 1. The van der Waals surface area contributed by atoms with Crippen molar-refractivity contribution in [2.45, 2.75) is 64.4 Å². The molecule has 2 rings (SSSR count). The molecular weight excluding hydrogens is 389 g/mol. The summed E-state index contributed by atoms with van der Waals surface area (Å²) in [5.41, 5.74) is 2.80. The van der Waals surface area contributed by atoms with Gasteiger partial charge >= 0.3 is 6.03 Å². The van der Waals surface area contributed by atoms with E-state index in [1.165, 1.54) is 0 Å². The van der Waals surface area contributed by atoms with E-state index in [1.54, 1.807) is 18.2 Å². The molecule has 0 aromatic heterocycles. The van der Waals surface area contributed by atoms with Crippen molar-refractivity contribution in [3.05, 3.63) is 28.2 Å². The van der Waals surface area contributed by atoms with Crippen LogP contribution in [-0.2, 0) is 0 Å². The lowest BCUT2D eigenvalue weighted by Gasteiger charge is -2.44. The summed E-state index contributed by atoms with van der Waals surface area (Å²) in [6.07, 6.45) is 4.40. The van der Waals surface area contributed by atoms with E-state index in [2.05, 4.69) is 40.2 Å². The molecule has 0 aliphatic carbocycles. The van der Waals surface area contributed by atoms with E-state index in [0.717, 1.165) is 38.6 Å². The highest BCUT2D eigenvalue weighted by atomic mass is 35.5. The SMILES string of the molecule is CCCCC(CC)N1CCC(NO)NC1NC(=O)Nc1ccc(Cl)c(Cl)c1. The van der Waals surface area contributed by atoms with Crippen LogP contribution in [0.5, 0.6) is 0 Å². The molecule has 1 aliphatic rings. The van der Waals surface area contributed by atoms with Crippen LogP contribution in [-0.4, -0.2) is 41.2 Å². The lowest BCUT2D eigenvalue weighted by atomic mass is 10.0. The van der Waals surface area contributed by atoms with Gasteiger partial charge in [-0.15, -0.1) is 0 Å². The lowest BCUT2D eigenvalue weighted by Crippen LogP contribution is -2.68. The zero-order chi connectivity index (χ0) is 19.8. The maximum absolute atomic E-state index is 12.5. The average molecular weight is 418 g/mol. The Morgan fingerprint density at radius 3 is 2.78 bits per heavy atom. The van der Waals surface area contributed by atoms with Gasteiger partial charge in [-0.1, -0.05) is 49.9 Å². The molecule has 3 atom stereocenters. The standard InChI is InChI=1S/C18H29Cl2N5O2/c1-3-5-6-13(4-2)25-10-9-16(24-27)22-17(25)23-18(26)21-12-7-8-14(19)15(20)11-12/h7-8,11,13,16-17,22,24,27H,3-6,9-10H2,1-2H3,(H2,21,23,26). The summed E-state index contributed by atoms with van der Waals surface area (Å²) in [7, 11) is 0. The number of nitrogens with one attached hydrogen (secondary N) is 4. The minimum Gasteiger partial charge on any atom is -0.315 e. The number of rotatable bonds is 8. The molecular formula is C18H29Cl2N5O2. The Kier molecular flexibility index (Phi) is 9.08. The van der Waals surface area contributed by atoms with Gasteiger partial charge in [0, 0.05) is 18.3 Å². The Labute approximate surface area is 170 Å². The Morgan fingerprint density at radius 1 is 1.37 bits per heavy atom. The molecule has 9 heteroatoms. The van der Waals surface area contributed by atoms with Gasteiger partial charge in [0.1, 0.15) is 6.29 Å². The Bertz CT molecular complexity index is 619. The highest BCUT2D eigenvalue weighted by Crippen LogP contribution is 2.25. The fourth-order valence-electron chi connectivity index (χ4n) is 3.31. The summed E-state index contributed by atoms with van der Waals surface area (Å²) in [6, 6.07) is 4.92. The zero-order valence-corrected chi connectivity index (χ0v) is 17.3. The maximum atomic E-state index is 12.5. The fourth-order valence-corrected chi connectivity index (χ4v) is 3.60. The summed E-state index contributed by atoms with van der Waals surface area (Å²) < 4.78 is 0. The van der Waals surface area contributed by atoms with Crippen LogP contribution in [0.3, 0.4) is 0 Å². The quantitative estimate of drug-likeness (QED) is 0.413. The van der Waals surface area contributed by atoms with Crippen LogP contribution in [0.2, 0.25) is 10.0 Å². The summed E-state index contributed by atoms with van der Waals surface area (Å²) in [5, 5.41) is 19.0. The minimum absolute atomic E-state index is 0.278. The predicted molar refractivity (Wildman–Crippen MR) is 109 cm³/mol. The van der Waals surface area contributed by atoms with Gasteiger partial charge in [-0.05, 0) is 37.5 Å². The third-order valence-corrected chi connectivity index (χ3v) is 5.54. The van der Waals surface area contributed by atoms with Gasteiger partial charge in [-0.25, -0.2) is 4.79 Å². The van der Waals surface area contributed by atoms with E-state index >= 15 is 0 Å². The summed E-state index contributed by atoms with van der Waals surface area (Å²) in [5.74, 6) is 0. The van der Waals surface area contributed by atoms with Crippen LogP contribution in [0.15, 0.2) is 18.2 Å². The molecule has 5 N–H and O–H groups in total. The minimum atomic E-state index is -0.395. The first-order valence-electron chi connectivity index (χ1n) is 9.42. The van der Waals surface area contributed by atoms with Crippen LogP contribution in [0, 0.1) is 0 Å². The third-order valence-electron chi connectivity index (χ3n) is 4.80. The van der Waals surface area contributed by atoms with E-state index in [1.807, 2.05) is 0 Å². The van der Waals surface area contributed by atoms with Crippen molar-refractivity contribution in [2.24, 2.45) is 0 Å². The predicted octanol–water partition coefficient (Wildman–Crippen LogP) is 3.97. The number of unbranched alkanes of at least 4 members (excludes halogenated alkanes) is 1. The lowest BCUT2D eigenvalue weighted by molar-refractivity contribution is -0.00418.